The Labute approximate surface area is 162 Å². The van der Waals surface area contributed by atoms with Gasteiger partial charge in [-0.15, -0.1) is 0 Å². The fourth-order valence-corrected chi connectivity index (χ4v) is 3.56. The van der Waals surface area contributed by atoms with Crippen LogP contribution in [-0.2, 0) is 0 Å². The van der Waals surface area contributed by atoms with E-state index in [4.69, 9.17) is 11.6 Å². The number of benzene rings is 2. The minimum atomic E-state index is -0.470. The lowest BCUT2D eigenvalue weighted by Crippen LogP contribution is -2.36. The van der Waals surface area contributed by atoms with Crippen molar-refractivity contribution in [3.63, 3.8) is 0 Å². The molecule has 1 aromatic heterocycles. The Morgan fingerprint density at radius 2 is 1.85 bits per heavy atom. The molecule has 4 nitrogen and oxygen atoms in total. The van der Waals surface area contributed by atoms with Crippen molar-refractivity contribution in [2.24, 2.45) is 0 Å². The number of likely N-dealkylation sites (tertiary alicyclic amines) is 1. The predicted molar refractivity (Wildman–Crippen MR) is 106 cm³/mol. The van der Waals surface area contributed by atoms with Crippen molar-refractivity contribution in [2.75, 3.05) is 18.4 Å². The summed E-state index contributed by atoms with van der Waals surface area (Å²) >= 11 is 5.89. The number of para-hydroxylation sites is 1. The number of amides is 1. The molecule has 0 bridgehead atoms. The summed E-state index contributed by atoms with van der Waals surface area (Å²) in [5.41, 5.74) is 2.53. The highest BCUT2D eigenvalue weighted by atomic mass is 35.5. The number of anilines is 2. The molecule has 0 aliphatic carbocycles. The summed E-state index contributed by atoms with van der Waals surface area (Å²) in [5, 5.41) is 4.18. The topological polar surface area (TPSA) is 45.2 Å². The highest BCUT2D eigenvalue weighted by Crippen LogP contribution is 2.29. The molecule has 0 saturated carbocycles. The lowest BCUT2D eigenvalue weighted by molar-refractivity contribution is 0.0719. The third-order valence-electron chi connectivity index (χ3n) is 4.78. The Kier molecular flexibility index (Phi) is 4.94. The van der Waals surface area contributed by atoms with Gasteiger partial charge in [0.15, 0.2) is 0 Å². The summed E-state index contributed by atoms with van der Waals surface area (Å²) in [5.74, 6) is -0.525. The summed E-state index contributed by atoms with van der Waals surface area (Å²) in [7, 11) is 0. The fraction of sp³-hybridized carbons (Fsp3) is 0.238. The molecule has 6 heteroatoms. The minimum absolute atomic E-state index is 0.0444. The quantitative estimate of drug-likeness (QED) is 0.658. The van der Waals surface area contributed by atoms with E-state index in [9.17, 15) is 9.18 Å². The number of nitrogens with one attached hydrogen (secondary N) is 1. The van der Waals surface area contributed by atoms with Crippen LogP contribution in [0.4, 0.5) is 15.8 Å². The van der Waals surface area contributed by atoms with Crippen LogP contribution in [0, 0.1) is 5.82 Å². The van der Waals surface area contributed by atoms with E-state index in [1.54, 1.807) is 12.1 Å². The van der Waals surface area contributed by atoms with Crippen molar-refractivity contribution >= 4 is 39.8 Å². The number of halogens is 2. The summed E-state index contributed by atoms with van der Waals surface area (Å²) in [6.45, 7) is 1.54. The molecule has 1 aliphatic heterocycles. The average Bonchev–Trinajstić information content (AvgIpc) is 2.71. The van der Waals surface area contributed by atoms with Crippen LogP contribution in [0.3, 0.4) is 0 Å². The zero-order valence-corrected chi connectivity index (χ0v) is 15.5. The number of aromatic nitrogens is 1. The van der Waals surface area contributed by atoms with Crippen LogP contribution in [0.1, 0.15) is 29.8 Å². The van der Waals surface area contributed by atoms with Crippen LogP contribution >= 0.6 is 11.6 Å². The molecule has 138 valence electrons. The zero-order valence-electron chi connectivity index (χ0n) is 14.7. The first-order chi connectivity index (χ1) is 13.1. The van der Waals surface area contributed by atoms with Crippen LogP contribution in [0.15, 0.2) is 48.5 Å². The summed E-state index contributed by atoms with van der Waals surface area (Å²) < 4.78 is 13.4. The molecule has 1 N–H and O–H groups in total. The molecule has 0 spiro atoms. The number of carbonyl (C=O) groups excluding carboxylic acids is 1. The minimum Gasteiger partial charge on any atom is -0.355 e. The Balaban J connectivity index is 1.74. The summed E-state index contributed by atoms with van der Waals surface area (Å²) in [4.78, 5) is 19.3. The van der Waals surface area contributed by atoms with Gasteiger partial charge >= 0.3 is 0 Å². The maximum atomic E-state index is 13.4. The molecule has 4 rings (SSSR count). The highest BCUT2D eigenvalue weighted by molar-refractivity contribution is 6.31. The van der Waals surface area contributed by atoms with E-state index >= 15 is 0 Å². The molecule has 2 aromatic carbocycles. The van der Waals surface area contributed by atoms with Crippen molar-refractivity contribution in [1.29, 1.82) is 0 Å². The van der Waals surface area contributed by atoms with Gasteiger partial charge in [-0.2, -0.15) is 0 Å². The average molecular weight is 384 g/mol. The van der Waals surface area contributed by atoms with Gasteiger partial charge in [0, 0.05) is 24.2 Å². The summed E-state index contributed by atoms with van der Waals surface area (Å²) in [6.07, 6.45) is 3.21. The second kappa shape index (κ2) is 7.53. The molecule has 1 amide bonds. The number of carbonyl (C=O) groups is 1. The van der Waals surface area contributed by atoms with Gasteiger partial charge in [-0.05, 0) is 49.6 Å². The Hall–Kier alpha value is -2.66. The van der Waals surface area contributed by atoms with Crippen molar-refractivity contribution in [1.82, 2.24) is 9.88 Å². The highest BCUT2D eigenvalue weighted by Gasteiger charge is 2.20. The molecule has 0 radical (unpaired) electrons. The largest absolute Gasteiger partial charge is 0.355 e. The first-order valence-corrected chi connectivity index (χ1v) is 9.41. The smallest absolute Gasteiger partial charge is 0.272 e. The fourth-order valence-electron chi connectivity index (χ4n) is 3.38. The number of rotatable bonds is 3. The third-order valence-corrected chi connectivity index (χ3v) is 5.07. The molecule has 0 unspecified atom stereocenters. The lowest BCUT2D eigenvalue weighted by Gasteiger charge is -2.26. The molecule has 0 atom stereocenters. The second-order valence-electron chi connectivity index (χ2n) is 6.68. The SMILES string of the molecule is O=C(c1cc(Nc2ccc(F)c(Cl)c2)c2ccccc2n1)N1CCCCC1. The van der Waals surface area contributed by atoms with Crippen molar-refractivity contribution in [3.05, 3.63) is 65.1 Å². The zero-order chi connectivity index (χ0) is 18.8. The molecular weight excluding hydrogens is 365 g/mol. The maximum Gasteiger partial charge on any atom is 0.272 e. The van der Waals surface area contributed by atoms with Crippen LogP contribution < -0.4 is 5.32 Å². The number of pyridine rings is 1. The van der Waals surface area contributed by atoms with Crippen molar-refractivity contribution < 1.29 is 9.18 Å². The van der Waals surface area contributed by atoms with Gasteiger partial charge in [-0.3, -0.25) is 4.79 Å². The predicted octanol–water partition coefficient (Wildman–Crippen LogP) is 5.40. The number of hydrogen-bond donors (Lipinski definition) is 1. The van der Waals surface area contributed by atoms with Crippen LogP contribution in [0.25, 0.3) is 10.9 Å². The van der Waals surface area contributed by atoms with E-state index in [0.717, 1.165) is 48.9 Å². The molecule has 1 saturated heterocycles. The third kappa shape index (κ3) is 3.74. The summed E-state index contributed by atoms with van der Waals surface area (Å²) in [6, 6.07) is 13.8. The van der Waals surface area contributed by atoms with Gasteiger partial charge in [0.2, 0.25) is 0 Å². The van der Waals surface area contributed by atoms with E-state index in [2.05, 4.69) is 10.3 Å². The first kappa shape index (κ1) is 17.7. The Morgan fingerprint density at radius 3 is 2.63 bits per heavy atom. The normalized spacial score (nSPS) is 14.4. The van der Waals surface area contributed by atoms with E-state index in [1.807, 2.05) is 29.2 Å². The molecule has 1 aliphatic rings. The molecule has 1 fully saturated rings. The van der Waals surface area contributed by atoms with Crippen LogP contribution in [-0.4, -0.2) is 28.9 Å². The maximum absolute atomic E-state index is 13.4. The van der Waals surface area contributed by atoms with E-state index in [0.29, 0.717) is 11.4 Å². The van der Waals surface area contributed by atoms with Crippen molar-refractivity contribution in [2.45, 2.75) is 19.3 Å². The number of hydrogen-bond acceptors (Lipinski definition) is 3. The lowest BCUT2D eigenvalue weighted by atomic mass is 10.1. The van der Waals surface area contributed by atoms with E-state index in [-0.39, 0.29) is 10.9 Å². The van der Waals surface area contributed by atoms with Crippen LogP contribution in [0.5, 0.6) is 0 Å². The second-order valence-corrected chi connectivity index (χ2v) is 7.09. The monoisotopic (exact) mass is 383 g/mol. The van der Waals surface area contributed by atoms with Gasteiger partial charge in [0.1, 0.15) is 11.5 Å². The van der Waals surface area contributed by atoms with Gasteiger partial charge < -0.3 is 10.2 Å². The molecule has 3 aromatic rings. The molecule has 27 heavy (non-hydrogen) atoms. The first-order valence-electron chi connectivity index (χ1n) is 9.03. The number of nitrogens with zero attached hydrogens (tertiary/aromatic N) is 2. The molecule has 2 heterocycles. The standard InChI is InChI=1S/C21H19ClFN3O/c22-16-12-14(8-9-17(16)23)24-19-13-20(21(27)26-10-4-1-5-11-26)25-18-7-3-2-6-15(18)19/h2-3,6-9,12-13H,1,4-5,10-11H2,(H,24,25). The van der Waals surface area contributed by atoms with Crippen molar-refractivity contribution in [3.8, 4) is 0 Å². The van der Waals surface area contributed by atoms with Gasteiger partial charge in [0.05, 0.1) is 16.2 Å². The van der Waals surface area contributed by atoms with E-state index < -0.39 is 5.82 Å². The number of piperidine rings is 1. The van der Waals surface area contributed by atoms with Gasteiger partial charge in [0.25, 0.3) is 5.91 Å². The Bertz CT molecular complexity index is 1000. The van der Waals surface area contributed by atoms with Gasteiger partial charge in [-0.25, -0.2) is 9.37 Å². The molecular formula is C21H19ClFN3O. The van der Waals surface area contributed by atoms with Gasteiger partial charge in [-0.1, -0.05) is 29.8 Å². The Morgan fingerprint density at radius 1 is 1.07 bits per heavy atom. The van der Waals surface area contributed by atoms with Crippen LogP contribution in [0.2, 0.25) is 5.02 Å². The van der Waals surface area contributed by atoms with E-state index in [1.165, 1.54) is 12.1 Å². The number of fused-ring (bicyclic) bond motifs is 1.